The Kier molecular flexibility index (Phi) is 3.10. The molecule has 3 heteroatoms. The average molecular weight is 198 g/mol. The van der Waals surface area contributed by atoms with Crippen molar-refractivity contribution in [2.24, 2.45) is 0 Å². The zero-order chi connectivity index (χ0) is 10.0. The molecule has 1 aliphatic carbocycles. The Morgan fingerprint density at radius 2 is 2.21 bits per heavy atom. The van der Waals surface area contributed by atoms with Crippen molar-refractivity contribution in [2.75, 3.05) is 32.8 Å². The number of rotatable bonds is 4. The molecule has 1 heterocycles. The molecule has 1 saturated carbocycles. The first-order valence-electron chi connectivity index (χ1n) is 5.75. The fourth-order valence-corrected chi connectivity index (χ4v) is 2.00. The van der Waals surface area contributed by atoms with Crippen LogP contribution in [0.2, 0.25) is 0 Å². The van der Waals surface area contributed by atoms with Crippen LogP contribution in [-0.2, 0) is 4.74 Å². The van der Waals surface area contributed by atoms with Crippen molar-refractivity contribution >= 4 is 0 Å². The summed E-state index contributed by atoms with van der Waals surface area (Å²) in [7, 11) is 0. The minimum Gasteiger partial charge on any atom is -0.378 e. The summed E-state index contributed by atoms with van der Waals surface area (Å²) >= 11 is 0. The molecule has 0 aromatic carbocycles. The molecule has 82 valence electrons. The quantitative estimate of drug-likeness (QED) is 0.725. The summed E-state index contributed by atoms with van der Waals surface area (Å²) in [5.41, 5.74) is 0.226. The standard InChI is InChI=1S/C11H22N2O/c1-11(2)9-14-8-7-13(11)6-5-12-10-3-4-10/h10,12H,3-9H2,1-2H3. The van der Waals surface area contributed by atoms with Gasteiger partial charge in [0.05, 0.1) is 13.2 Å². The highest BCUT2D eigenvalue weighted by molar-refractivity contribution is 4.86. The highest BCUT2D eigenvalue weighted by Crippen LogP contribution is 2.20. The molecule has 2 aliphatic rings. The Morgan fingerprint density at radius 1 is 1.43 bits per heavy atom. The lowest BCUT2D eigenvalue weighted by Gasteiger charge is -2.42. The lowest BCUT2D eigenvalue weighted by atomic mass is 10.0. The predicted molar refractivity (Wildman–Crippen MR) is 57.5 cm³/mol. The Morgan fingerprint density at radius 3 is 2.86 bits per heavy atom. The van der Waals surface area contributed by atoms with Gasteiger partial charge in [0.15, 0.2) is 0 Å². The first-order chi connectivity index (χ1) is 6.68. The van der Waals surface area contributed by atoms with Crippen molar-refractivity contribution in [2.45, 2.75) is 38.3 Å². The molecule has 2 fully saturated rings. The van der Waals surface area contributed by atoms with E-state index in [9.17, 15) is 0 Å². The van der Waals surface area contributed by atoms with E-state index in [2.05, 4.69) is 24.1 Å². The fraction of sp³-hybridized carbons (Fsp3) is 1.00. The maximum absolute atomic E-state index is 5.49. The number of morpholine rings is 1. The average Bonchev–Trinajstić information content (AvgIpc) is 2.91. The minimum absolute atomic E-state index is 0.226. The largest absolute Gasteiger partial charge is 0.378 e. The van der Waals surface area contributed by atoms with Crippen molar-refractivity contribution in [3.05, 3.63) is 0 Å². The van der Waals surface area contributed by atoms with Gasteiger partial charge < -0.3 is 10.1 Å². The SMILES string of the molecule is CC1(C)COCCN1CCNC1CC1. The molecule has 0 aromatic heterocycles. The Labute approximate surface area is 86.8 Å². The maximum atomic E-state index is 5.49. The smallest absolute Gasteiger partial charge is 0.0645 e. The van der Waals surface area contributed by atoms with E-state index in [-0.39, 0.29) is 5.54 Å². The lowest BCUT2D eigenvalue weighted by molar-refractivity contribution is -0.0500. The van der Waals surface area contributed by atoms with Gasteiger partial charge in [-0.2, -0.15) is 0 Å². The van der Waals surface area contributed by atoms with Gasteiger partial charge in [-0.1, -0.05) is 0 Å². The molecular weight excluding hydrogens is 176 g/mol. The van der Waals surface area contributed by atoms with Crippen LogP contribution in [0.5, 0.6) is 0 Å². The molecule has 14 heavy (non-hydrogen) atoms. The zero-order valence-corrected chi connectivity index (χ0v) is 9.38. The Balaban J connectivity index is 1.70. The maximum Gasteiger partial charge on any atom is 0.0645 e. The fourth-order valence-electron chi connectivity index (χ4n) is 2.00. The Bertz CT molecular complexity index is 190. The normalized spacial score (nSPS) is 27.9. The number of hydrogen-bond donors (Lipinski definition) is 1. The monoisotopic (exact) mass is 198 g/mol. The van der Waals surface area contributed by atoms with E-state index < -0.39 is 0 Å². The van der Waals surface area contributed by atoms with Crippen LogP contribution in [0.3, 0.4) is 0 Å². The van der Waals surface area contributed by atoms with E-state index in [1.165, 1.54) is 12.8 Å². The summed E-state index contributed by atoms with van der Waals surface area (Å²) in [6.07, 6.45) is 2.76. The van der Waals surface area contributed by atoms with Gasteiger partial charge >= 0.3 is 0 Å². The van der Waals surface area contributed by atoms with Crippen molar-refractivity contribution < 1.29 is 4.74 Å². The summed E-state index contributed by atoms with van der Waals surface area (Å²) in [5.74, 6) is 0. The molecule has 0 aromatic rings. The molecule has 0 unspecified atom stereocenters. The molecule has 0 bridgehead atoms. The van der Waals surface area contributed by atoms with E-state index in [0.29, 0.717) is 0 Å². The predicted octanol–water partition coefficient (Wildman–Crippen LogP) is 0.849. The van der Waals surface area contributed by atoms with E-state index in [4.69, 9.17) is 4.74 Å². The van der Waals surface area contributed by atoms with E-state index in [1.807, 2.05) is 0 Å². The van der Waals surface area contributed by atoms with Gasteiger partial charge in [0, 0.05) is 31.2 Å². The van der Waals surface area contributed by atoms with Crippen molar-refractivity contribution in [3.63, 3.8) is 0 Å². The third-order valence-corrected chi connectivity index (χ3v) is 3.21. The number of nitrogens with one attached hydrogen (secondary N) is 1. The highest BCUT2D eigenvalue weighted by Gasteiger charge is 2.30. The van der Waals surface area contributed by atoms with Crippen molar-refractivity contribution in [3.8, 4) is 0 Å². The zero-order valence-electron chi connectivity index (χ0n) is 9.38. The summed E-state index contributed by atoms with van der Waals surface area (Å²) in [5, 5.41) is 3.56. The summed E-state index contributed by atoms with van der Waals surface area (Å²) < 4.78 is 5.49. The minimum atomic E-state index is 0.226. The first-order valence-corrected chi connectivity index (χ1v) is 5.75. The van der Waals surface area contributed by atoms with Gasteiger partial charge in [-0.25, -0.2) is 0 Å². The van der Waals surface area contributed by atoms with Crippen molar-refractivity contribution in [1.82, 2.24) is 10.2 Å². The lowest BCUT2D eigenvalue weighted by Crippen LogP contribution is -2.54. The third kappa shape index (κ3) is 2.69. The van der Waals surface area contributed by atoms with Crippen LogP contribution in [0.1, 0.15) is 26.7 Å². The number of hydrogen-bond acceptors (Lipinski definition) is 3. The molecule has 0 spiro atoms. The van der Waals surface area contributed by atoms with Crippen LogP contribution in [0, 0.1) is 0 Å². The van der Waals surface area contributed by atoms with Crippen LogP contribution >= 0.6 is 0 Å². The molecule has 0 atom stereocenters. The second-order valence-electron chi connectivity index (χ2n) is 5.08. The topological polar surface area (TPSA) is 24.5 Å². The molecule has 3 nitrogen and oxygen atoms in total. The van der Waals surface area contributed by atoms with E-state index in [0.717, 1.165) is 38.9 Å². The first kappa shape index (κ1) is 10.4. The Hall–Kier alpha value is -0.120. The van der Waals surface area contributed by atoms with Gasteiger partial charge in [-0.05, 0) is 26.7 Å². The van der Waals surface area contributed by atoms with Crippen molar-refractivity contribution in [1.29, 1.82) is 0 Å². The van der Waals surface area contributed by atoms with Gasteiger partial charge in [0.1, 0.15) is 0 Å². The highest BCUT2D eigenvalue weighted by atomic mass is 16.5. The van der Waals surface area contributed by atoms with Crippen LogP contribution in [0.25, 0.3) is 0 Å². The number of nitrogens with zero attached hydrogens (tertiary/aromatic N) is 1. The summed E-state index contributed by atoms with van der Waals surface area (Å²) in [6, 6.07) is 0.833. The van der Waals surface area contributed by atoms with Gasteiger partial charge in [-0.3, -0.25) is 4.90 Å². The summed E-state index contributed by atoms with van der Waals surface area (Å²) in [6.45, 7) is 9.68. The molecule has 0 radical (unpaired) electrons. The van der Waals surface area contributed by atoms with Crippen LogP contribution in [0.4, 0.5) is 0 Å². The van der Waals surface area contributed by atoms with Gasteiger partial charge in [0.25, 0.3) is 0 Å². The molecule has 0 amide bonds. The molecule has 1 aliphatic heterocycles. The van der Waals surface area contributed by atoms with Gasteiger partial charge in [0.2, 0.25) is 0 Å². The molecule has 2 rings (SSSR count). The number of ether oxygens (including phenoxy) is 1. The van der Waals surface area contributed by atoms with Crippen LogP contribution < -0.4 is 5.32 Å². The third-order valence-electron chi connectivity index (χ3n) is 3.21. The van der Waals surface area contributed by atoms with E-state index in [1.54, 1.807) is 0 Å². The van der Waals surface area contributed by atoms with Gasteiger partial charge in [-0.15, -0.1) is 0 Å². The summed E-state index contributed by atoms with van der Waals surface area (Å²) in [4.78, 5) is 2.53. The second-order valence-corrected chi connectivity index (χ2v) is 5.08. The van der Waals surface area contributed by atoms with Crippen LogP contribution in [-0.4, -0.2) is 49.3 Å². The molecule has 1 N–H and O–H groups in total. The molecular formula is C11H22N2O. The van der Waals surface area contributed by atoms with E-state index >= 15 is 0 Å². The molecule has 1 saturated heterocycles. The second kappa shape index (κ2) is 4.17. The van der Waals surface area contributed by atoms with Crippen LogP contribution in [0.15, 0.2) is 0 Å².